The van der Waals surface area contributed by atoms with Crippen LogP contribution in [-0.2, 0) is 4.74 Å². The summed E-state index contributed by atoms with van der Waals surface area (Å²) < 4.78 is 48.8. The van der Waals surface area contributed by atoms with Crippen molar-refractivity contribution < 1.29 is 27.4 Å². The largest absolute Gasteiger partial charge is 0.573 e. The lowest BCUT2D eigenvalue weighted by Gasteiger charge is -2.39. The van der Waals surface area contributed by atoms with Gasteiger partial charge in [0, 0.05) is 38.3 Å². The van der Waals surface area contributed by atoms with Crippen LogP contribution in [0.3, 0.4) is 0 Å². The topological polar surface area (TPSA) is 59.8 Å². The maximum Gasteiger partial charge on any atom is 0.573 e. The standard InChI is InChI=1S/C24H31F3N4O3/c1-16-22(17(2)31(28-16)19-6-4-8-21(14-19)34-24(25,26)27)23(32)29-12-9-18(10-13-29)30-11-5-7-20(30)15-33-3/h4,6,8,14,18,20H,5,7,9-13,15H2,1-3H3/t20-/m0/s1. The second-order valence-corrected chi connectivity index (χ2v) is 9.02. The first-order valence-corrected chi connectivity index (χ1v) is 11.6. The van der Waals surface area contributed by atoms with E-state index >= 15 is 0 Å². The van der Waals surface area contributed by atoms with Gasteiger partial charge in [-0.3, -0.25) is 9.69 Å². The molecule has 0 spiro atoms. The van der Waals surface area contributed by atoms with Crippen molar-refractivity contribution in [3.63, 3.8) is 0 Å². The number of carbonyl (C=O) groups excluding carboxylic acids is 1. The van der Waals surface area contributed by atoms with Crippen molar-refractivity contribution >= 4 is 5.91 Å². The average molecular weight is 481 g/mol. The van der Waals surface area contributed by atoms with E-state index in [1.807, 2.05) is 4.90 Å². The molecule has 186 valence electrons. The summed E-state index contributed by atoms with van der Waals surface area (Å²) in [4.78, 5) is 17.8. The Morgan fingerprint density at radius 3 is 2.56 bits per heavy atom. The van der Waals surface area contributed by atoms with Gasteiger partial charge in [0.2, 0.25) is 0 Å². The molecule has 1 atom stereocenters. The number of alkyl halides is 3. The Balaban J connectivity index is 1.47. The molecule has 2 aliphatic heterocycles. The van der Waals surface area contributed by atoms with Crippen LogP contribution in [0.15, 0.2) is 24.3 Å². The third-order valence-corrected chi connectivity index (χ3v) is 6.80. The Bertz CT molecular complexity index is 1020. The molecular weight excluding hydrogens is 449 g/mol. The van der Waals surface area contributed by atoms with Crippen LogP contribution in [0.25, 0.3) is 5.69 Å². The zero-order chi connectivity index (χ0) is 24.5. The molecule has 34 heavy (non-hydrogen) atoms. The highest BCUT2D eigenvalue weighted by molar-refractivity contribution is 5.96. The van der Waals surface area contributed by atoms with Gasteiger partial charge in [0.25, 0.3) is 5.91 Å². The van der Waals surface area contributed by atoms with Crippen LogP contribution in [0.2, 0.25) is 0 Å². The molecule has 2 saturated heterocycles. The van der Waals surface area contributed by atoms with Crippen molar-refractivity contribution in [1.29, 1.82) is 0 Å². The van der Waals surface area contributed by atoms with Crippen LogP contribution in [-0.4, -0.2) is 77.3 Å². The minimum Gasteiger partial charge on any atom is -0.406 e. The molecule has 0 N–H and O–H groups in total. The maximum absolute atomic E-state index is 13.4. The summed E-state index contributed by atoms with van der Waals surface area (Å²) in [5.74, 6) is -0.418. The normalized spacial score (nSPS) is 20.2. The predicted octanol–water partition coefficient (Wildman–Crippen LogP) is 4.10. The zero-order valence-electron chi connectivity index (χ0n) is 19.8. The number of methoxy groups -OCH3 is 1. The van der Waals surface area contributed by atoms with Crippen LogP contribution in [0.5, 0.6) is 5.75 Å². The number of carbonyl (C=O) groups is 1. The van der Waals surface area contributed by atoms with Gasteiger partial charge in [-0.15, -0.1) is 13.2 Å². The van der Waals surface area contributed by atoms with Crippen LogP contribution in [0.4, 0.5) is 13.2 Å². The van der Waals surface area contributed by atoms with E-state index in [4.69, 9.17) is 4.74 Å². The number of hydrogen-bond donors (Lipinski definition) is 0. The Labute approximate surface area is 197 Å². The Kier molecular flexibility index (Phi) is 7.18. The number of amides is 1. The quantitative estimate of drug-likeness (QED) is 0.623. The molecule has 4 rings (SSSR count). The fraction of sp³-hybridized carbons (Fsp3) is 0.583. The van der Waals surface area contributed by atoms with E-state index in [1.54, 1.807) is 27.0 Å². The van der Waals surface area contributed by atoms with E-state index in [-0.39, 0.29) is 11.7 Å². The van der Waals surface area contributed by atoms with E-state index in [9.17, 15) is 18.0 Å². The van der Waals surface area contributed by atoms with Gasteiger partial charge in [0.1, 0.15) is 5.75 Å². The number of rotatable bonds is 6. The number of piperidine rings is 1. The average Bonchev–Trinajstić information content (AvgIpc) is 3.36. The molecule has 1 amide bonds. The van der Waals surface area contributed by atoms with Gasteiger partial charge in [0.15, 0.2) is 0 Å². The molecule has 3 heterocycles. The van der Waals surface area contributed by atoms with E-state index in [2.05, 4.69) is 14.7 Å². The lowest BCUT2D eigenvalue weighted by atomic mass is 10.0. The maximum atomic E-state index is 13.4. The predicted molar refractivity (Wildman–Crippen MR) is 120 cm³/mol. The molecule has 2 fully saturated rings. The highest BCUT2D eigenvalue weighted by Gasteiger charge is 2.35. The fourth-order valence-corrected chi connectivity index (χ4v) is 5.28. The third-order valence-electron chi connectivity index (χ3n) is 6.80. The van der Waals surface area contributed by atoms with Crippen LogP contribution < -0.4 is 4.74 Å². The van der Waals surface area contributed by atoms with Gasteiger partial charge in [-0.05, 0) is 58.2 Å². The molecule has 0 saturated carbocycles. The highest BCUT2D eigenvalue weighted by atomic mass is 19.4. The Morgan fingerprint density at radius 1 is 1.15 bits per heavy atom. The van der Waals surface area contributed by atoms with E-state index in [0.29, 0.717) is 47.8 Å². The van der Waals surface area contributed by atoms with Crippen LogP contribution in [0.1, 0.15) is 47.4 Å². The van der Waals surface area contributed by atoms with Gasteiger partial charge in [0.05, 0.1) is 29.2 Å². The molecule has 1 aromatic heterocycles. The lowest BCUT2D eigenvalue weighted by Crippen LogP contribution is -2.49. The van der Waals surface area contributed by atoms with Gasteiger partial charge < -0.3 is 14.4 Å². The summed E-state index contributed by atoms with van der Waals surface area (Å²) >= 11 is 0. The second kappa shape index (κ2) is 9.95. The fourth-order valence-electron chi connectivity index (χ4n) is 5.28. The molecular formula is C24H31F3N4O3. The lowest BCUT2D eigenvalue weighted by molar-refractivity contribution is -0.274. The third kappa shape index (κ3) is 5.22. The number of aromatic nitrogens is 2. The van der Waals surface area contributed by atoms with Crippen molar-refractivity contribution in [3.05, 3.63) is 41.2 Å². The van der Waals surface area contributed by atoms with Crippen molar-refractivity contribution in [2.45, 2.75) is 58.0 Å². The smallest absolute Gasteiger partial charge is 0.406 e. The van der Waals surface area contributed by atoms with Crippen molar-refractivity contribution in [3.8, 4) is 11.4 Å². The van der Waals surface area contributed by atoms with E-state index in [0.717, 1.165) is 32.4 Å². The number of likely N-dealkylation sites (tertiary alicyclic amines) is 2. The van der Waals surface area contributed by atoms with Gasteiger partial charge in [-0.25, -0.2) is 4.68 Å². The number of hydrogen-bond acceptors (Lipinski definition) is 5. The van der Waals surface area contributed by atoms with Gasteiger partial charge >= 0.3 is 6.36 Å². The number of aryl methyl sites for hydroxylation is 1. The number of nitrogens with zero attached hydrogens (tertiary/aromatic N) is 4. The van der Waals surface area contributed by atoms with Crippen molar-refractivity contribution in [2.75, 3.05) is 33.4 Å². The molecule has 0 bridgehead atoms. The molecule has 2 aliphatic rings. The number of halogens is 3. The SMILES string of the molecule is COC[C@@H]1CCCN1C1CCN(C(=O)c2c(C)nn(-c3cccc(OC(F)(F)F)c3)c2C)CC1. The Morgan fingerprint density at radius 2 is 1.88 bits per heavy atom. The minimum atomic E-state index is -4.78. The molecule has 1 aromatic carbocycles. The van der Waals surface area contributed by atoms with Crippen LogP contribution in [0, 0.1) is 13.8 Å². The van der Waals surface area contributed by atoms with Crippen LogP contribution >= 0.6 is 0 Å². The summed E-state index contributed by atoms with van der Waals surface area (Å²) in [5.41, 5.74) is 2.04. The van der Waals surface area contributed by atoms with E-state index in [1.165, 1.54) is 29.3 Å². The first-order chi connectivity index (χ1) is 16.2. The molecule has 7 nitrogen and oxygen atoms in total. The minimum absolute atomic E-state index is 0.0859. The zero-order valence-corrected chi connectivity index (χ0v) is 19.8. The molecule has 0 radical (unpaired) electrons. The van der Waals surface area contributed by atoms with Gasteiger partial charge in [-0.1, -0.05) is 6.07 Å². The second-order valence-electron chi connectivity index (χ2n) is 9.02. The number of benzene rings is 1. The highest BCUT2D eigenvalue weighted by Crippen LogP contribution is 2.29. The number of ether oxygens (including phenoxy) is 2. The molecule has 10 heteroatoms. The Hall–Kier alpha value is -2.59. The van der Waals surface area contributed by atoms with Gasteiger partial charge in [-0.2, -0.15) is 5.10 Å². The monoisotopic (exact) mass is 480 g/mol. The van der Waals surface area contributed by atoms with Crippen molar-refractivity contribution in [1.82, 2.24) is 19.6 Å². The first-order valence-electron chi connectivity index (χ1n) is 11.6. The van der Waals surface area contributed by atoms with Crippen molar-refractivity contribution in [2.24, 2.45) is 0 Å². The first kappa shape index (κ1) is 24.5. The molecule has 0 unspecified atom stereocenters. The summed E-state index contributed by atoms with van der Waals surface area (Å²) in [6, 6.07) is 6.50. The molecule has 2 aromatic rings. The van der Waals surface area contributed by atoms with E-state index < -0.39 is 6.36 Å². The summed E-state index contributed by atoms with van der Waals surface area (Å²) in [7, 11) is 1.74. The molecule has 0 aliphatic carbocycles. The summed E-state index contributed by atoms with van der Waals surface area (Å²) in [5, 5.41) is 4.45. The summed E-state index contributed by atoms with van der Waals surface area (Å²) in [6.45, 7) is 6.66. The summed E-state index contributed by atoms with van der Waals surface area (Å²) in [6.07, 6.45) is -0.622.